The van der Waals surface area contributed by atoms with E-state index in [0.717, 1.165) is 64.3 Å². The third-order valence-corrected chi connectivity index (χ3v) is 4.64. The molecule has 1 amide bonds. The van der Waals surface area contributed by atoms with Crippen LogP contribution in [0, 0.1) is 5.92 Å². The van der Waals surface area contributed by atoms with E-state index in [1.165, 1.54) is 19.3 Å². The highest BCUT2D eigenvalue weighted by Crippen LogP contribution is 2.15. The Balaban J connectivity index is 1.68. The normalized spacial score (nSPS) is 22.5. The summed E-state index contributed by atoms with van der Waals surface area (Å²) >= 11 is 0. The second kappa shape index (κ2) is 8.25. The van der Waals surface area contributed by atoms with Gasteiger partial charge in [-0.1, -0.05) is 13.3 Å². The molecule has 0 aromatic heterocycles. The molecule has 0 aliphatic carbocycles. The maximum Gasteiger partial charge on any atom is 0.222 e. The predicted octanol–water partition coefficient (Wildman–Crippen LogP) is 1.83. The SMILES string of the molecule is CC1CCN(C(N)=NCCCN2CCCCCC2=O)CC1. The van der Waals surface area contributed by atoms with Crippen molar-refractivity contribution in [3.8, 4) is 0 Å². The molecule has 2 aliphatic rings. The van der Waals surface area contributed by atoms with Crippen molar-refractivity contribution in [2.75, 3.05) is 32.7 Å². The van der Waals surface area contributed by atoms with Crippen LogP contribution >= 0.6 is 0 Å². The van der Waals surface area contributed by atoms with Crippen molar-refractivity contribution in [3.05, 3.63) is 0 Å². The Labute approximate surface area is 128 Å². The highest BCUT2D eigenvalue weighted by atomic mass is 16.2. The highest BCUT2D eigenvalue weighted by molar-refractivity contribution is 5.78. The Morgan fingerprint density at radius 2 is 2.00 bits per heavy atom. The summed E-state index contributed by atoms with van der Waals surface area (Å²) in [5.74, 6) is 1.81. The minimum Gasteiger partial charge on any atom is -0.370 e. The van der Waals surface area contributed by atoms with Crippen LogP contribution in [0.15, 0.2) is 4.99 Å². The lowest BCUT2D eigenvalue weighted by molar-refractivity contribution is -0.130. The number of hydrogen-bond acceptors (Lipinski definition) is 2. The highest BCUT2D eigenvalue weighted by Gasteiger charge is 2.17. The number of carbonyl (C=O) groups excluding carboxylic acids is 1. The lowest BCUT2D eigenvalue weighted by Gasteiger charge is -2.31. The van der Waals surface area contributed by atoms with Crippen LogP contribution in [0.5, 0.6) is 0 Å². The van der Waals surface area contributed by atoms with Crippen molar-refractivity contribution in [2.24, 2.45) is 16.6 Å². The largest absolute Gasteiger partial charge is 0.370 e. The quantitative estimate of drug-likeness (QED) is 0.489. The van der Waals surface area contributed by atoms with E-state index in [4.69, 9.17) is 5.73 Å². The number of nitrogens with zero attached hydrogens (tertiary/aromatic N) is 3. The van der Waals surface area contributed by atoms with Crippen LogP contribution < -0.4 is 5.73 Å². The second-order valence-corrected chi connectivity index (χ2v) is 6.45. The first-order valence-electron chi connectivity index (χ1n) is 8.49. The van der Waals surface area contributed by atoms with Crippen molar-refractivity contribution < 1.29 is 4.79 Å². The molecule has 0 aromatic carbocycles. The molecule has 2 fully saturated rings. The number of aliphatic imine (C=N–C) groups is 1. The van der Waals surface area contributed by atoms with Crippen molar-refractivity contribution >= 4 is 11.9 Å². The molecule has 0 spiro atoms. The van der Waals surface area contributed by atoms with Gasteiger partial charge in [0, 0.05) is 39.1 Å². The maximum absolute atomic E-state index is 11.9. The zero-order valence-corrected chi connectivity index (χ0v) is 13.4. The van der Waals surface area contributed by atoms with Gasteiger partial charge in [-0.3, -0.25) is 9.79 Å². The van der Waals surface area contributed by atoms with Gasteiger partial charge in [-0.25, -0.2) is 0 Å². The summed E-state index contributed by atoms with van der Waals surface area (Å²) in [4.78, 5) is 20.6. The Morgan fingerprint density at radius 3 is 2.76 bits per heavy atom. The number of likely N-dealkylation sites (tertiary alicyclic amines) is 2. The molecule has 120 valence electrons. The van der Waals surface area contributed by atoms with E-state index in [2.05, 4.69) is 16.8 Å². The van der Waals surface area contributed by atoms with Gasteiger partial charge in [0.05, 0.1) is 0 Å². The van der Waals surface area contributed by atoms with E-state index in [9.17, 15) is 4.79 Å². The lowest BCUT2D eigenvalue weighted by Crippen LogP contribution is -2.42. The molecule has 0 atom stereocenters. The lowest BCUT2D eigenvalue weighted by atomic mass is 10.00. The molecule has 2 rings (SSSR count). The van der Waals surface area contributed by atoms with Gasteiger partial charge in [-0.05, 0) is 38.0 Å². The molecule has 2 heterocycles. The average Bonchev–Trinajstić information content (AvgIpc) is 2.69. The van der Waals surface area contributed by atoms with E-state index in [0.29, 0.717) is 11.9 Å². The van der Waals surface area contributed by atoms with Gasteiger partial charge in [0.25, 0.3) is 0 Å². The van der Waals surface area contributed by atoms with E-state index in [1.54, 1.807) is 0 Å². The third kappa shape index (κ3) is 5.21. The number of nitrogens with two attached hydrogens (primary N) is 1. The molecule has 0 unspecified atom stereocenters. The van der Waals surface area contributed by atoms with Crippen molar-refractivity contribution in [1.82, 2.24) is 9.80 Å². The molecule has 0 bridgehead atoms. The molecule has 2 saturated heterocycles. The number of rotatable bonds is 4. The summed E-state index contributed by atoms with van der Waals surface area (Å²) in [6, 6.07) is 0. The number of guanidine groups is 1. The summed E-state index contributed by atoms with van der Waals surface area (Å²) in [7, 11) is 0. The van der Waals surface area contributed by atoms with Gasteiger partial charge in [0.1, 0.15) is 0 Å². The molecular formula is C16H30N4O. The van der Waals surface area contributed by atoms with Crippen LogP contribution in [0.3, 0.4) is 0 Å². The summed E-state index contributed by atoms with van der Waals surface area (Å²) < 4.78 is 0. The van der Waals surface area contributed by atoms with E-state index in [1.807, 2.05) is 4.90 Å². The first kappa shape index (κ1) is 16.1. The molecule has 2 N–H and O–H groups in total. The molecule has 5 heteroatoms. The molecule has 5 nitrogen and oxygen atoms in total. The molecule has 0 radical (unpaired) electrons. The fourth-order valence-corrected chi connectivity index (χ4v) is 3.07. The first-order valence-corrected chi connectivity index (χ1v) is 8.49. The van der Waals surface area contributed by atoms with Crippen LogP contribution in [-0.4, -0.2) is 54.4 Å². The van der Waals surface area contributed by atoms with Gasteiger partial charge in [-0.15, -0.1) is 0 Å². The molecule has 0 saturated carbocycles. The Hall–Kier alpha value is -1.26. The smallest absolute Gasteiger partial charge is 0.222 e. The Bertz CT molecular complexity index is 361. The standard InChI is InChI=1S/C16H30N4O/c1-14-7-12-20(13-8-14)16(17)18-9-5-11-19-10-4-2-3-6-15(19)21/h14H,2-13H2,1H3,(H2,17,18). The number of amides is 1. The predicted molar refractivity (Wildman–Crippen MR) is 86.1 cm³/mol. The van der Waals surface area contributed by atoms with Crippen molar-refractivity contribution in [2.45, 2.75) is 51.9 Å². The minimum absolute atomic E-state index is 0.314. The van der Waals surface area contributed by atoms with Gasteiger partial charge >= 0.3 is 0 Å². The van der Waals surface area contributed by atoms with Crippen LogP contribution in [0.1, 0.15) is 51.9 Å². The fourth-order valence-electron chi connectivity index (χ4n) is 3.07. The van der Waals surface area contributed by atoms with Gasteiger partial charge in [-0.2, -0.15) is 0 Å². The Kier molecular flexibility index (Phi) is 6.33. The number of piperidine rings is 1. The Morgan fingerprint density at radius 1 is 1.24 bits per heavy atom. The van der Waals surface area contributed by atoms with Gasteiger partial charge in [0.15, 0.2) is 5.96 Å². The summed E-state index contributed by atoms with van der Waals surface area (Å²) in [6.45, 7) is 6.82. The van der Waals surface area contributed by atoms with Crippen LogP contribution in [-0.2, 0) is 4.79 Å². The topological polar surface area (TPSA) is 61.9 Å². The van der Waals surface area contributed by atoms with Crippen LogP contribution in [0.2, 0.25) is 0 Å². The van der Waals surface area contributed by atoms with Crippen molar-refractivity contribution in [1.29, 1.82) is 0 Å². The second-order valence-electron chi connectivity index (χ2n) is 6.45. The summed E-state index contributed by atoms with van der Waals surface area (Å²) in [5.41, 5.74) is 6.06. The zero-order chi connectivity index (χ0) is 15.1. The van der Waals surface area contributed by atoms with Crippen LogP contribution in [0.4, 0.5) is 0 Å². The summed E-state index contributed by atoms with van der Waals surface area (Å²) in [6.07, 6.45) is 7.42. The molecule has 0 aromatic rings. The van der Waals surface area contributed by atoms with E-state index >= 15 is 0 Å². The average molecular weight is 294 g/mol. The monoisotopic (exact) mass is 294 g/mol. The van der Waals surface area contributed by atoms with E-state index < -0.39 is 0 Å². The summed E-state index contributed by atoms with van der Waals surface area (Å²) in [5, 5.41) is 0. The minimum atomic E-state index is 0.314. The molecular weight excluding hydrogens is 264 g/mol. The first-order chi connectivity index (χ1) is 10.2. The van der Waals surface area contributed by atoms with Gasteiger partial charge < -0.3 is 15.5 Å². The zero-order valence-electron chi connectivity index (χ0n) is 13.4. The van der Waals surface area contributed by atoms with Gasteiger partial charge in [0.2, 0.25) is 5.91 Å². The third-order valence-electron chi connectivity index (χ3n) is 4.64. The number of carbonyl (C=O) groups is 1. The van der Waals surface area contributed by atoms with E-state index in [-0.39, 0.29) is 0 Å². The van der Waals surface area contributed by atoms with Crippen molar-refractivity contribution in [3.63, 3.8) is 0 Å². The maximum atomic E-state index is 11.9. The number of hydrogen-bond donors (Lipinski definition) is 1. The molecule has 2 aliphatic heterocycles. The fraction of sp³-hybridized carbons (Fsp3) is 0.875. The molecule has 21 heavy (non-hydrogen) atoms. The van der Waals surface area contributed by atoms with Crippen LogP contribution in [0.25, 0.3) is 0 Å².